The average molecular weight is 433 g/mol. The summed E-state index contributed by atoms with van der Waals surface area (Å²) in [6, 6.07) is 15.9. The second-order valence-electron chi connectivity index (χ2n) is 8.27. The molecule has 0 radical (unpaired) electrons. The van der Waals surface area contributed by atoms with Crippen molar-refractivity contribution in [1.29, 1.82) is 0 Å². The molecule has 2 N–H and O–H groups in total. The second kappa shape index (κ2) is 9.68. The maximum Gasteiger partial charge on any atom is 0.249 e. The normalized spacial score (nSPS) is 14.0. The third-order valence-corrected chi connectivity index (χ3v) is 5.63. The van der Waals surface area contributed by atoms with E-state index >= 15 is 0 Å². The molecule has 1 aliphatic rings. The molecule has 0 aliphatic heterocycles. The van der Waals surface area contributed by atoms with Gasteiger partial charge in [0.15, 0.2) is 6.04 Å². The number of phenols is 1. The zero-order valence-corrected chi connectivity index (χ0v) is 18.1. The standard InChI is InChI=1S/C25H28N4O3/c1-28-16-22(27-17-28)24(25(32)26-15-19-5-3-2-4-6-19)29(20-10-11-20)23(31)14-9-18-7-12-21(30)13-8-18/h2-8,12-13,16-17,20,24,30H,9-11,14-15H2,1H3,(H,26,32). The molecule has 0 saturated heterocycles. The number of amides is 2. The number of hydrogen-bond acceptors (Lipinski definition) is 4. The van der Waals surface area contributed by atoms with Gasteiger partial charge in [-0.05, 0) is 42.5 Å². The minimum atomic E-state index is -0.764. The number of rotatable bonds is 9. The Balaban J connectivity index is 1.52. The van der Waals surface area contributed by atoms with Gasteiger partial charge in [0.1, 0.15) is 5.75 Å². The van der Waals surface area contributed by atoms with Crippen LogP contribution in [0.15, 0.2) is 67.1 Å². The Morgan fingerprint density at radius 3 is 2.47 bits per heavy atom. The van der Waals surface area contributed by atoms with Gasteiger partial charge in [-0.25, -0.2) is 4.98 Å². The summed E-state index contributed by atoms with van der Waals surface area (Å²) in [5.74, 6) is -0.0893. The highest BCUT2D eigenvalue weighted by atomic mass is 16.3. The Bertz CT molecular complexity index is 1060. The van der Waals surface area contributed by atoms with E-state index < -0.39 is 6.04 Å². The van der Waals surface area contributed by atoms with E-state index in [0.29, 0.717) is 18.7 Å². The largest absolute Gasteiger partial charge is 0.508 e. The van der Waals surface area contributed by atoms with Crippen LogP contribution in [0.1, 0.15) is 42.1 Å². The van der Waals surface area contributed by atoms with Crippen molar-refractivity contribution in [1.82, 2.24) is 19.8 Å². The fourth-order valence-corrected chi connectivity index (χ4v) is 3.81. The van der Waals surface area contributed by atoms with Gasteiger partial charge in [-0.2, -0.15) is 0 Å². The van der Waals surface area contributed by atoms with E-state index in [9.17, 15) is 14.7 Å². The molecule has 1 aliphatic carbocycles. The van der Waals surface area contributed by atoms with Crippen LogP contribution in [0, 0.1) is 0 Å². The van der Waals surface area contributed by atoms with Gasteiger partial charge in [0.2, 0.25) is 11.8 Å². The second-order valence-corrected chi connectivity index (χ2v) is 8.27. The fraction of sp³-hybridized carbons (Fsp3) is 0.320. The number of imidazole rings is 1. The summed E-state index contributed by atoms with van der Waals surface area (Å²) < 4.78 is 1.79. The zero-order chi connectivity index (χ0) is 22.5. The molecule has 2 amide bonds. The molecular weight excluding hydrogens is 404 g/mol. The lowest BCUT2D eigenvalue weighted by Gasteiger charge is -2.30. The van der Waals surface area contributed by atoms with Crippen molar-refractivity contribution in [2.75, 3.05) is 0 Å². The number of nitrogens with one attached hydrogen (secondary N) is 1. The molecule has 1 atom stereocenters. The van der Waals surface area contributed by atoms with Crippen LogP contribution in [0.3, 0.4) is 0 Å². The summed E-state index contributed by atoms with van der Waals surface area (Å²) in [4.78, 5) is 32.8. The smallest absolute Gasteiger partial charge is 0.249 e. The molecule has 1 heterocycles. The lowest BCUT2D eigenvalue weighted by Crippen LogP contribution is -2.45. The Labute approximate surface area is 187 Å². The fourth-order valence-electron chi connectivity index (χ4n) is 3.81. The molecule has 32 heavy (non-hydrogen) atoms. The zero-order valence-electron chi connectivity index (χ0n) is 18.1. The average Bonchev–Trinajstić information content (AvgIpc) is 3.55. The van der Waals surface area contributed by atoms with E-state index in [4.69, 9.17) is 0 Å². The van der Waals surface area contributed by atoms with Crippen molar-refractivity contribution in [3.05, 3.63) is 83.9 Å². The minimum Gasteiger partial charge on any atom is -0.508 e. The molecule has 1 saturated carbocycles. The lowest BCUT2D eigenvalue weighted by molar-refractivity contribution is -0.141. The summed E-state index contributed by atoms with van der Waals surface area (Å²) in [7, 11) is 1.85. The molecular formula is C25H28N4O3. The van der Waals surface area contributed by atoms with E-state index in [0.717, 1.165) is 24.0 Å². The number of benzene rings is 2. The molecule has 2 aromatic carbocycles. The highest BCUT2D eigenvalue weighted by Gasteiger charge is 2.41. The summed E-state index contributed by atoms with van der Waals surface area (Å²) in [5, 5.41) is 12.5. The van der Waals surface area contributed by atoms with E-state index in [1.54, 1.807) is 34.1 Å². The van der Waals surface area contributed by atoms with E-state index in [2.05, 4.69) is 10.3 Å². The third kappa shape index (κ3) is 5.35. The summed E-state index contributed by atoms with van der Waals surface area (Å²) >= 11 is 0. The number of phenolic OH excluding ortho intramolecular Hbond substituents is 1. The highest BCUT2D eigenvalue weighted by molar-refractivity contribution is 5.88. The Morgan fingerprint density at radius 2 is 1.84 bits per heavy atom. The van der Waals surface area contributed by atoms with Gasteiger partial charge in [0, 0.05) is 32.3 Å². The molecule has 3 aromatic rings. The van der Waals surface area contributed by atoms with Gasteiger partial charge in [0.25, 0.3) is 0 Å². The van der Waals surface area contributed by atoms with Crippen LogP contribution in [-0.2, 0) is 29.6 Å². The summed E-state index contributed by atoms with van der Waals surface area (Å²) in [6.07, 6.45) is 6.06. The highest BCUT2D eigenvalue weighted by Crippen LogP contribution is 2.35. The van der Waals surface area contributed by atoms with Crippen LogP contribution >= 0.6 is 0 Å². The Hall–Kier alpha value is -3.61. The van der Waals surface area contributed by atoms with Gasteiger partial charge in [-0.3, -0.25) is 9.59 Å². The monoisotopic (exact) mass is 432 g/mol. The van der Waals surface area contributed by atoms with Crippen LogP contribution in [0.25, 0.3) is 0 Å². The van der Waals surface area contributed by atoms with Crippen molar-refractivity contribution in [3.63, 3.8) is 0 Å². The van der Waals surface area contributed by atoms with E-state index in [-0.39, 0.29) is 30.0 Å². The molecule has 7 heteroatoms. The molecule has 0 spiro atoms. The number of aromatic nitrogens is 2. The van der Waals surface area contributed by atoms with Crippen molar-refractivity contribution in [2.45, 2.75) is 44.3 Å². The molecule has 1 unspecified atom stereocenters. The quantitative estimate of drug-likeness (QED) is 0.544. The van der Waals surface area contributed by atoms with Gasteiger partial charge in [-0.15, -0.1) is 0 Å². The van der Waals surface area contributed by atoms with Gasteiger partial charge in [-0.1, -0.05) is 42.5 Å². The topological polar surface area (TPSA) is 87.5 Å². The number of carbonyl (C=O) groups excluding carboxylic acids is 2. The van der Waals surface area contributed by atoms with Crippen LogP contribution in [0.2, 0.25) is 0 Å². The lowest BCUT2D eigenvalue weighted by atomic mass is 10.1. The van der Waals surface area contributed by atoms with Crippen LogP contribution < -0.4 is 5.32 Å². The number of aryl methyl sites for hydroxylation is 2. The first-order chi connectivity index (χ1) is 15.5. The first-order valence-corrected chi connectivity index (χ1v) is 10.9. The van der Waals surface area contributed by atoms with Crippen molar-refractivity contribution in [2.24, 2.45) is 7.05 Å². The summed E-state index contributed by atoms with van der Waals surface area (Å²) in [6.45, 7) is 0.392. The SMILES string of the molecule is Cn1cnc(C(C(=O)NCc2ccccc2)N(C(=O)CCc2ccc(O)cc2)C2CC2)c1. The van der Waals surface area contributed by atoms with Gasteiger partial charge < -0.3 is 19.9 Å². The van der Waals surface area contributed by atoms with Gasteiger partial charge >= 0.3 is 0 Å². The first kappa shape index (κ1) is 21.6. The predicted octanol–water partition coefficient (Wildman–Crippen LogP) is 3.11. The maximum atomic E-state index is 13.3. The Kier molecular flexibility index (Phi) is 6.54. The van der Waals surface area contributed by atoms with Crippen LogP contribution in [-0.4, -0.2) is 37.4 Å². The number of aromatic hydroxyl groups is 1. The predicted molar refractivity (Wildman–Crippen MR) is 121 cm³/mol. The molecule has 4 rings (SSSR count). The third-order valence-electron chi connectivity index (χ3n) is 5.63. The minimum absolute atomic E-state index is 0.0526. The maximum absolute atomic E-state index is 13.3. The van der Waals surface area contributed by atoms with Gasteiger partial charge in [0.05, 0.1) is 12.0 Å². The van der Waals surface area contributed by atoms with Crippen molar-refractivity contribution >= 4 is 11.8 Å². The first-order valence-electron chi connectivity index (χ1n) is 10.9. The molecule has 1 aromatic heterocycles. The van der Waals surface area contributed by atoms with Crippen molar-refractivity contribution < 1.29 is 14.7 Å². The molecule has 166 valence electrons. The number of hydrogen-bond donors (Lipinski definition) is 2. The van der Waals surface area contributed by atoms with E-state index in [1.165, 1.54) is 0 Å². The molecule has 0 bridgehead atoms. The molecule has 1 fully saturated rings. The Morgan fingerprint density at radius 1 is 1.12 bits per heavy atom. The summed E-state index contributed by atoms with van der Waals surface area (Å²) in [5.41, 5.74) is 2.54. The molecule has 7 nitrogen and oxygen atoms in total. The number of carbonyl (C=O) groups is 2. The van der Waals surface area contributed by atoms with Crippen molar-refractivity contribution in [3.8, 4) is 5.75 Å². The van der Waals surface area contributed by atoms with Crippen LogP contribution in [0.5, 0.6) is 5.75 Å². The number of nitrogens with zero attached hydrogens (tertiary/aromatic N) is 3. The van der Waals surface area contributed by atoms with E-state index in [1.807, 2.05) is 49.5 Å². The van der Waals surface area contributed by atoms with Crippen LogP contribution in [0.4, 0.5) is 0 Å².